The molecule has 0 heterocycles. The number of carbonyl (C=O) groups is 4. The predicted octanol–water partition coefficient (Wildman–Crippen LogP) is 7.37. The molecule has 12 nitrogen and oxygen atoms in total. The van der Waals surface area contributed by atoms with Crippen molar-refractivity contribution in [2.45, 2.75) is 64.2 Å². The van der Waals surface area contributed by atoms with E-state index in [-0.39, 0.29) is 13.1 Å². The molecule has 6 rings (SSSR count). The van der Waals surface area contributed by atoms with Crippen molar-refractivity contribution in [3.05, 3.63) is 192 Å². The van der Waals surface area contributed by atoms with Crippen LogP contribution in [0.5, 0.6) is 0 Å². The lowest BCUT2D eigenvalue weighted by atomic mass is 9.77. The van der Waals surface area contributed by atoms with Gasteiger partial charge in [0.2, 0.25) is 17.7 Å². The van der Waals surface area contributed by atoms with Crippen LogP contribution in [-0.2, 0) is 47.3 Å². The minimum absolute atomic E-state index is 0.105. The Kier molecular flexibility index (Phi) is 16.5. The monoisotopic (exact) mass is 849 g/mol. The number of hydrogen-bond acceptors (Lipinski definition) is 7. The summed E-state index contributed by atoms with van der Waals surface area (Å²) in [6.45, 7) is 5.84. The summed E-state index contributed by atoms with van der Waals surface area (Å²) < 4.78 is 12.1. The highest BCUT2D eigenvalue weighted by molar-refractivity contribution is 5.93. The highest BCUT2D eigenvalue weighted by Crippen LogP contribution is 2.37. The van der Waals surface area contributed by atoms with Gasteiger partial charge in [-0.3, -0.25) is 19.2 Å². The van der Waals surface area contributed by atoms with Crippen LogP contribution in [0, 0.1) is 0 Å². The van der Waals surface area contributed by atoms with Crippen molar-refractivity contribution in [1.29, 1.82) is 0 Å². The molecule has 0 bridgehead atoms. The topological polar surface area (TPSA) is 147 Å². The first-order valence-electron chi connectivity index (χ1n) is 21.2. The first kappa shape index (κ1) is 45.7. The Hall–Kier alpha value is -6.86. The van der Waals surface area contributed by atoms with Crippen LogP contribution in [0.4, 0.5) is 4.79 Å². The fraction of sp³-hybridized carbons (Fsp3) is 0.255. The zero-order chi connectivity index (χ0) is 44.4. The molecule has 6 aromatic carbocycles. The summed E-state index contributed by atoms with van der Waals surface area (Å²) in [5, 5.41) is 10.7. The van der Waals surface area contributed by atoms with Gasteiger partial charge in [-0.15, -0.1) is 0 Å². The van der Waals surface area contributed by atoms with Gasteiger partial charge in [0.1, 0.15) is 11.6 Å². The molecule has 5 amide bonds. The maximum atomic E-state index is 15.3. The summed E-state index contributed by atoms with van der Waals surface area (Å²) in [4.78, 5) is 63.3. The number of hydroxylamine groups is 1. The molecule has 0 spiro atoms. The Morgan fingerprint density at radius 3 is 1.73 bits per heavy atom. The van der Waals surface area contributed by atoms with Crippen LogP contribution in [0.2, 0.25) is 0 Å². The van der Waals surface area contributed by atoms with E-state index in [1.807, 2.05) is 185 Å². The maximum Gasteiger partial charge on any atom is 0.338 e. The second-order valence-electron chi connectivity index (χ2n) is 14.9. The van der Waals surface area contributed by atoms with Gasteiger partial charge in [0.25, 0.3) is 0 Å². The van der Waals surface area contributed by atoms with Gasteiger partial charge in [-0.25, -0.2) is 10.3 Å². The van der Waals surface area contributed by atoms with Crippen LogP contribution < -0.4 is 21.4 Å². The van der Waals surface area contributed by atoms with Crippen LogP contribution in [0.15, 0.2) is 164 Å². The lowest BCUT2D eigenvalue weighted by Crippen LogP contribution is -2.57. The van der Waals surface area contributed by atoms with Crippen molar-refractivity contribution in [2.75, 3.05) is 19.8 Å². The molecule has 0 saturated heterocycles. The average molecular weight is 850 g/mol. The fourth-order valence-electron chi connectivity index (χ4n) is 7.68. The van der Waals surface area contributed by atoms with Crippen molar-refractivity contribution >= 4 is 34.5 Å². The first-order chi connectivity index (χ1) is 30.7. The van der Waals surface area contributed by atoms with Gasteiger partial charge >= 0.3 is 6.03 Å². The van der Waals surface area contributed by atoms with E-state index in [1.54, 1.807) is 4.90 Å². The number of hydrogen-bond donors (Lipinski definition) is 4. The Bertz CT molecular complexity index is 2280. The second kappa shape index (κ2) is 22.8. The minimum atomic E-state index is -1.41. The predicted molar refractivity (Wildman–Crippen MR) is 243 cm³/mol. The Morgan fingerprint density at radius 2 is 1.16 bits per heavy atom. The zero-order valence-corrected chi connectivity index (χ0v) is 35.9. The van der Waals surface area contributed by atoms with Crippen molar-refractivity contribution in [3.8, 4) is 0 Å². The number of fused-ring (bicyclic) bond motifs is 1. The first-order valence-corrected chi connectivity index (χ1v) is 21.2. The molecule has 12 heteroatoms. The lowest BCUT2D eigenvalue weighted by molar-refractivity contribution is -0.180. The maximum absolute atomic E-state index is 15.3. The standard InChI is InChI=1S/C51H55N5O7/c1-4-61-49(62-5-2)37(3)56(35-40-25-20-24-39-23-18-19-32-44(39)40)48(59)45(53-47(58)36-63-55-50(60)52-34-38-21-10-6-11-22-38)33-46(57)54-51(41-26-12-7-13-27-41,42-28-14-8-15-29-42)43-30-16-9-17-31-43/h6-32,37,45,49H,4-5,33-36H2,1-3H3,(H,53,58)(H,54,57)(H2,52,55,60). The largest absolute Gasteiger partial charge is 0.351 e. The van der Waals surface area contributed by atoms with E-state index < -0.39 is 60.7 Å². The third kappa shape index (κ3) is 12.0. The van der Waals surface area contributed by atoms with E-state index in [0.29, 0.717) is 13.2 Å². The van der Waals surface area contributed by atoms with Crippen LogP contribution >= 0.6 is 0 Å². The molecule has 326 valence electrons. The van der Waals surface area contributed by atoms with Crippen LogP contribution in [0.1, 0.15) is 55.0 Å². The third-order valence-electron chi connectivity index (χ3n) is 10.7. The third-order valence-corrected chi connectivity index (χ3v) is 10.7. The van der Waals surface area contributed by atoms with E-state index in [4.69, 9.17) is 14.3 Å². The van der Waals surface area contributed by atoms with E-state index in [1.165, 1.54) is 0 Å². The molecule has 0 radical (unpaired) electrons. The molecule has 0 fully saturated rings. The van der Waals surface area contributed by atoms with E-state index in [9.17, 15) is 14.4 Å². The molecular weight excluding hydrogens is 795 g/mol. The van der Waals surface area contributed by atoms with Gasteiger partial charge in [-0.1, -0.05) is 164 Å². The molecule has 6 aromatic rings. The van der Waals surface area contributed by atoms with E-state index >= 15 is 4.79 Å². The average Bonchev–Trinajstić information content (AvgIpc) is 3.32. The minimum Gasteiger partial charge on any atom is -0.351 e. The van der Waals surface area contributed by atoms with Crippen LogP contribution in [0.3, 0.4) is 0 Å². The van der Waals surface area contributed by atoms with Crippen molar-refractivity contribution in [3.63, 3.8) is 0 Å². The SMILES string of the molecule is CCOC(OCC)C(C)N(Cc1cccc2ccccc12)C(=O)C(CC(=O)NC(c1ccccc1)(c1ccccc1)c1ccccc1)NC(=O)CONC(=O)NCc1ccccc1. The number of amides is 5. The smallest absolute Gasteiger partial charge is 0.338 e. The molecule has 2 unspecified atom stereocenters. The number of urea groups is 1. The van der Waals surface area contributed by atoms with Gasteiger partial charge in [-0.05, 0) is 59.4 Å². The quantitative estimate of drug-likeness (QED) is 0.0336. The second-order valence-corrected chi connectivity index (χ2v) is 14.9. The Morgan fingerprint density at radius 1 is 0.635 bits per heavy atom. The van der Waals surface area contributed by atoms with E-state index in [2.05, 4.69) is 21.4 Å². The summed E-state index contributed by atoms with van der Waals surface area (Å²) >= 11 is 0. The molecular formula is C51H55N5O7. The normalized spacial score (nSPS) is 12.3. The Balaban J connectivity index is 1.34. The highest BCUT2D eigenvalue weighted by atomic mass is 16.7. The molecule has 0 aliphatic rings. The number of carbonyl (C=O) groups excluding carboxylic acids is 4. The Labute approximate surface area is 368 Å². The van der Waals surface area contributed by atoms with Crippen molar-refractivity contribution < 1.29 is 33.5 Å². The summed E-state index contributed by atoms with van der Waals surface area (Å²) in [6, 6.07) is 49.1. The highest BCUT2D eigenvalue weighted by Gasteiger charge is 2.40. The number of nitrogens with zero attached hydrogens (tertiary/aromatic N) is 1. The van der Waals surface area contributed by atoms with Crippen molar-refractivity contribution in [1.82, 2.24) is 26.3 Å². The van der Waals surface area contributed by atoms with Gasteiger partial charge in [-0.2, -0.15) is 0 Å². The molecule has 0 aliphatic carbocycles. The van der Waals surface area contributed by atoms with Gasteiger partial charge in [0.15, 0.2) is 12.9 Å². The summed E-state index contributed by atoms with van der Waals surface area (Å²) in [5.41, 5.74) is 5.12. The zero-order valence-electron chi connectivity index (χ0n) is 35.9. The molecule has 2 atom stereocenters. The van der Waals surface area contributed by atoms with E-state index in [0.717, 1.165) is 38.6 Å². The summed E-state index contributed by atoms with van der Waals surface area (Å²) in [5.74, 6) is -1.82. The molecule has 0 saturated carbocycles. The number of nitrogens with one attached hydrogen (secondary N) is 4. The van der Waals surface area contributed by atoms with Crippen LogP contribution in [0.25, 0.3) is 10.8 Å². The number of rotatable bonds is 21. The molecule has 0 aromatic heterocycles. The summed E-state index contributed by atoms with van der Waals surface area (Å²) in [7, 11) is 0. The van der Waals surface area contributed by atoms with Gasteiger partial charge < -0.3 is 30.3 Å². The van der Waals surface area contributed by atoms with Crippen molar-refractivity contribution in [2.24, 2.45) is 0 Å². The van der Waals surface area contributed by atoms with Gasteiger partial charge in [0.05, 0.1) is 12.5 Å². The molecule has 63 heavy (non-hydrogen) atoms. The molecule has 4 N–H and O–H groups in total. The lowest BCUT2D eigenvalue weighted by Gasteiger charge is -2.38. The van der Waals surface area contributed by atoms with Gasteiger partial charge in [0, 0.05) is 26.3 Å². The summed E-state index contributed by atoms with van der Waals surface area (Å²) in [6.07, 6.45) is -1.29. The number of ether oxygens (including phenoxy) is 2. The molecule has 0 aliphatic heterocycles. The fourth-order valence-corrected chi connectivity index (χ4v) is 7.68. The van der Waals surface area contributed by atoms with Crippen LogP contribution in [-0.4, -0.2) is 66.8 Å². The number of benzene rings is 6.